The second kappa shape index (κ2) is 8.25. The van der Waals surface area contributed by atoms with Crippen LogP contribution in [0, 0.1) is 11.8 Å². The summed E-state index contributed by atoms with van der Waals surface area (Å²) in [7, 11) is 0. The van der Waals surface area contributed by atoms with Gasteiger partial charge in [-0.2, -0.15) is 0 Å². The fourth-order valence-electron chi connectivity index (χ4n) is 2.33. The zero-order chi connectivity index (χ0) is 15.9. The Hall–Kier alpha value is -1.10. The number of rotatable bonds is 8. The molecule has 0 aliphatic rings. The molecule has 1 amide bonds. The predicted molar refractivity (Wildman–Crippen MR) is 80.3 cm³/mol. The monoisotopic (exact) mass is 286 g/mol. The lowest BCUT2D eigenvalue weighted by Gasteiger charge is -2.36. The summed E-state index contributed by atoms with van der Waals surface area (Å²) in [6.07, 6.45) is 1.28. The number of nitrogens with zero attached hydrogens (tertiary/aromatic N) is 1. The van der Waals surface area contributed by atoms with Crippen molar-refractivity contribution in [2.75, 3.05) is 13.1 Å². The third-order valence-corrected chi connectivity index (χ3v) is 3.26. The van der Waals surface area contributed by atoms with Crippen LogP contribution in [0.2, 0.25) is 0 Å². The van der Waals surface area contributed by atoms with Crippen molar-refractivity contribution in [3.05, 3.63) is 0 Å². The fraction of sp³-hybridized carbons (Fsp3) is 0.867. The number of nitrogens with two attached hydrogens (primary N) is 1. The van der Waals surface area contributed by atoms with Crippen molar-refractivity contribution in [1.29, 1.82) is 0 Å². The van der Waals surface area contributed by atoms with Gasteiger partial charge in [0, 0.05) is 18.5 Å². The van der Waals surface area contributed by atoms with Gasteiger partial charge in [-0.1, -0.05) is 13.8 Å². The van der Waals surface area contributed by atoms with Crippen molar-refractivity contribution in [1.82, 2.24) is 4.90 Å². The molecule has 0 bridgehead atoms. The average Bonchev–Trinajstić information content (AvgIpc) is 2.25. The Labute approximate surface area is 122 Å². The maximum Gasteiger partial charge on any atom is 0.305 e. The van der Waals surface area contributed by atoms with Gasteiger partial charge in [0.1, 0.15) is 0 Å². The number of aliphatic carboxylic acids is 1. The first-order valence-corrected chi connectivity index (χ1v) is 7.30. The molecule has 0 aromatic carbocycles. The first kappa shape index (κ1) is 18.9. The van der Waals surface area contributed by atoms with Gasteiger partial charge in [-0.15, -0.1) is 0 Å². The Morgan fingerprint density at radius 1 is 1.25 bits per heavy atom. The minimum Gasteiger partial charge on any atom is -0.481 e. The molecule has 0 aromatic rings. The summed E-state index contributed by atoms with van der Waals surface area (Å²) in [6, 6.07) is 0. The molecule has 0 aliphatic heterocycles. The first-order chi connectivity index (χ1) is 9.07. The Kier molecular flexibility index (Phi) is 7.79. The van der Waals surface area contributed by atoms with Gasteiger partial charge in [0.05, 0.1) is 6.42 Å². The zero-order valence-corrected chi connectivity index (χ0v) is 13.5. The predicted octanol–water partition coefficient (Wildman–Crippen LogP) is 2.10. The van der Waals surface area contributed by atoms with E-state index in [-0.39, 0.29) is 30.3 Å². The third-order valence-electron chi connectivity index (χ3n) is 3.26. The quantitative estimate of drug-likeness (QED) is 0.715. The van der Waals surface area contributed by atoms with Crippen LogP contribution >= 0.6 is 0 Å². The molecule has 0 rings (SSSR count). The molecule has 5 nitrogen and oxygen atoms in total. The van der Waals surface area contributed by atoms with E-state index >= 15 is 0 Å². The van der Waals surface area contributed by atoms with Crippen LogP contribution in [0.5, 0.6) is 0 Å². The molecule has 0 aliphatic carbocycles. The SMILES string of the molecule is CC(C)CC(CN)CC(=O)N(CCC(=O)O)C(C)(C)C. The summed E-state index contributed by atoms with van der Waals surface area (Å²) in [4.78, 5) is 24.8. The summed E-state index contributed by atoms with van der Waals surface area (Å²) >= 11 is 0. The van der Waals surface area contributed by atoms with Crippen LogP contribution < -0.4 is 5.73 Å². The largest absolute Gasteiger partial charge is 0.481 e. The van der Waals surface area contributed by atoms with Gasteiger partial charge in [0.25, 0.3) is 0 Å². The second-order valence-electron chi connectivity index (χ2n) is 6.80. The van der Waals surface area contributed by atoms with Crippen molar-refractivity contribution in [2.45, 2.75) is 59.4 Å². The van der Waals surface area contributed by atoms with E-state index in [0.717, 1.165) is 6.42 Å². The lowest BCUT2D eigenvalue weighted by Crippen LogP contribution is -2.47. The van der Waals surface area contributed by atoms with Crippen molar-refractivity contribution in [3.8, 4) is 0 Å². The number of hydrogen-bond acceptors (Lipinski definition) is 3. The standard InChI is InChI=1S/C15H30N2O3/c1-11(2)8-12(10-16)9-13(18)17(15(3,4)5)7-6-14(19)20/h11-12H,6-10,16H2,1-5H3,(H,19,20). The molecule has 0 saturated heterocycles. The van der Waals surface area contributed by atoms with Gasteiger partial charge in [-0.05, 0) is 45.6 Å². The number of hydrogen-bond donors (Lipinski definition) is 2. The number of carbonyl (C=O) groups is 2. The van der Waals surface area contributed by atoms with Crippen LogP contribution in [0.4, 0.5) is 0 Å². The molecule has 3 N–H and O–H groups in total. The highest BCUT2D eigenvalue weighted by Gasteiger charge is 2.28. The molecule has 5 heteroatoms. The Bertz CT molecular complexity index is 322. The van der Waals surface area contributed by atoms with Crippen LogP contribution in [-0.2, 0) is 9.59 Å². The van der Waals surface area contributed by atoms with Crippen LogP contribution in [0.25, 0.3) is 0 Å². The number of amides is 1. The average molecular weight is 286 g/mol. The van der Waals surface area contributed by atoms with E-state index < -0.39 is 5.97 Å². The van der Waals surface area contributed by atoms with Crippen LogP contribution in [0.1, 0.15) is 53.9 Å². The Balaban J connectivity index is 4.73. The van der Waals surface area contributed by atoms with Crippen LogP contribution in [0.15, 0.2) is 0 Å². The normalized spacial score (nSPS) is 13.3. The molecule has 0 radical (unpaired) electrons. The Morgan fingerprint density at radius 3 is 2.15 bits per heavy atom. The zero-order valence-electron chi connectivity index (χ0n) is 13.5. The maximum absolute atomic E-state index is 12.4. The third kappa shape index (κ3) is 7.48. The smallest absolute Gasteiger partial charge is 0.305 e. The minimum atomic E-state index is -0.885. The molecule has 0 saturated carbocycles. The molecule has 0 spiro atoms. The molecule has 118 valence electrons. The lowest BCUT2D eigenvalue weighted by molar-refractivity contribution is -0.141. The second-order valence-corrected chi connectivity index (χ2v) is 6.80. The van der Waals surface area contributed by atoms with Crippen molar-refractivity contribution in [2.24, 2.45) is 17.6 Å². The highest BCUT2D eigenvalue weighted by atomic mass is 16.4. The van der Waals surface area contributed by atoms with Gasteiger partial charge >= 0.3 is 5.97 Å². The van der Waals surface area contributed by atoms with E-state index in [1.165, 1.54) is 0 Å². The van der Waals surface area contributed by atoms with Crippen molar-refractivity contribution in [3.63, 3.8) is 0 Å². The molecular weight excluding hydrogens is 256 g/mol. The highest BCUT2D eigenvalue weighted by molar-refractivity contribution is 5.78. The molecule has 1 unspecified atom stereocenters. The van der Waals surface area contributed by atoms with E-state index in [4.69, 9.17) is 10.8 Å². The summed E-state index contributed by atoms with van der Waals surface area (Å²) in [5.74, 6) is -0.227. The van der Waals surface area contributed by atoms with Crippen molar-refractivity contribution >= 4 is 11.9 Å². The van der Waals surface area contributed by atoms with Crippen LogP contribution in [-0.4, -0.2) is 40.5 Å². The highest BCUT2D eigenvalue weighted by Crippen LogP contribution is 2.20. The number of carboxylic acid groups (broad SMARTS) is 1. The molecule has 1 atom stereocenters. The lowest BCUT2D eigenvalue weighted by atomic mass is 9.93. The number of carbonyl (C=O) groups excluding carboxylic acids is 1. The van der Waals surface area contributed by atoms with Gasteiger partial charge in [-0.25, -0.2) is 0 Å². The van der Waals surface area contributed by atoms with E-state index in [0.29, 0.717) is 18.9 Å². The van der Waals surface area contributed by atoms with Gasteiger partial charge in [0.2, 0.25) is 5.91 Å². The van der Waals surface area contributed by atoms with E-state index in [1.807, 2.05) is 20.8 Å². The van der Waals surface area contributed by atoms with E-state index in [2.05, 4.69) is 13.8 Å². The topological polar surface area (TPSA) is 83.6 Å². The Morgan fingerprint density at radius 2 is 1.80 bits per heavy atom. The minimum absolute atomic E-state index is 0.00477. The molecular formula is C15H30N2O3. The van der Waals surface area contributed by atoms with Gasteiger partial charge < -0.3 is 15.7 Å². The van der Waals surface area contributed by atoms with Crippen LogP contribution in [0.3, 0.4) is 0 Å². The van der Waals surface area contributed by atoms with Gasteiger partial charge in [0.15, 0.2) is 0 Å². The van der Waals surface area contributed by atoms with E-state index in [9.17, 15) is 9.59 Å². The number of carboxylic acids is 1. The molecule has 0 aromatic heterocycles. The van der Waals surface area contributed by atoms with Gasteiger partial charge in [-0.3, -0.25) is 9.59 Å². The first-order valence-electron chi connectivity index (χ1n) is 7.30. The fourth-order valence-corrected chi connectivity index (χ4v) is 2.33. The van der Waals surface area contributed by atoms with E-state index in [1.54, 1.807) is 4.90 Å². The molecule has 0 heterocycles. The maximum atomic E-state index is 12.4. The molecule has 0 fully saturated rings. The van der Waals surface area contributed by atoms with Crippen molar-refractivity contribution < 1.29 is 14.7 Å². The summed E-state index contributed by atoms with van der Waals surface area (Å²) < 4.78 is 0. The summed E-state index contributed by atoms with van der Waals surface area (Å²) in [6.45, 7) is 10.7. The summed E-state index contributed by atoms with van der Waals surface area (Å²) in [5.41, 5.74) is 5.36. The summed E-state index contributed by atoms with van der Waals surface area (Å²) in [5, 5.41) is 8.80. The molecule has 20 heavy (non-hydrogen) atoms.